The molecule has 0 aliphatic heterocycles. The fourth-order valence-electron chi connectivity index (χ4n) is 2.08. The van der Waals surface area contributed by atoms with E-state index in [1.807, 2.05) is 0 Å². The first kappa shape index (κ1) is 26.9. The topological polar surface area (TPSA) is 123 Å². The molecule has 0 bridgehead atoms. The van der Waals surface area contributed by atoms with Crippen molar-refractivity contribution in [1.29, 1.82) is 0 Å². The summed E-state index contributed by atoms with van der Waals surface area (Å²) in [4.78, 5) is 28.0. The van der Waals surface area contributed by atoms with E-state index >= 15 is 0 Å². The monoisotopic (exact) mass is 437 g/mol. The van der Waals surface area contributed by atoms with Crippen molar-refractivity contribution in [3.8, 4) is 0 Å². The highest BCUT2D eigenvalue weighted by Crippen LogP contribution is 2.19. The van der Waals surface area contributed by atoms with Crippen LogP contribution in [0.5, 0.6) is 0 Å². The van der Waals surface area contributed by atoms with Gasteiger partial charge in [0.2, 0.25) is 0 Å². The smallest absolute Gasteiger partial charge is 0.317 e. The van der Waals surface area contributed by atoms with Crippen molar-refractivity contribution >= 4 is 17.6 Å². The summed E-state index contributed by atoms with van der Waals surface area (Å²) in [7, 11) is 1.61. The Morgan fingerprint density at radius 1 is 0.481 bits per heavy atom. The summed E-state index contributed by atoms with van der Waals surface area (Å²) < 4.78 is 30.6. The van der Waals surface area contributed by atoms with Gasteiger partial charge in [-0.25, -0.2) is 56.8 Å². The summed E-state index contributed by atoms with van der Waals surface area (Å²) in [6.45, 7) is 1.30. The van der Waals surface area contributed by atoms with E-state index in [0.717, 1.165) is 0 Å². The summed E-state index contributed by atoms with van der Waals surface area (Å²) in [5, 5.41) is 3.25. The molecule has 0 rings (SSSR count). The molecule has 0 amide bonds. The highest BCUT2D eigenvalue weighted by molar-refractivity contribution is 6.60. The molecule has 0 unspecified atom stereocenters. The molecule has 0 aromatic heterocycles. The second-order valence-corrected chi connectivity index (χ2v) is 9.56. The van der Waals surface area contributed by atoms with Crippen molar-refractivity contribution in [3.05, 3.63) is 0 Å². The Morgan fingerprint density at radius 2 is 0.741 bits per heavy atom. The summed E-state index contributed by atoms with van der Waals surface area (Å²) in [6.07, 6.45) is 1.31. The molecule has 0 saturated carbocycles. The summed E-state index contributed by atoms with van der Waals surface area (Å²) in [5.41, 5.74) is 0. The third-order valence-electron chi connectivity index (χ3n) is 2.93. The van der Waals surface area contributed by atoms with Crippen LogP contribution in [0.4, 0.5) is 0 Å². The fraction of sp³-hybridized carbons (Fsp3) is 1.00. The van der Waals surface area contributed by atoms with Gasteiger partial charge in [-0.1, -0.05) is 0 Å². The molecule has 27 heavy (non-hydrogen) atoms. The molecule has 0 spiro atoms. The molecule has 13 nitrogen and oxygen atoms in total. The SMILES string of the molecule is COO[Si](CCCNCCC[Si](OOC)(OOC)OOC)(OOC)OOC. The van der Waals surface area contributed by atoms with Gasteiger partial charge < -0.3 is 5.32 Å². The minimum absolute atomic E-state index is 0.403. The fourth-order valence-corrected chi connectivity index (χ4v) is 5.49. The van der Waals surface area contributed by atoms with Gasteiger partial charge in [-0.15, -0.1) is 0 Å². The highest BCUT2D eigenvalue weighted by atomic mass is 28.4. The molecule has 0 aromatic carbocycles. The standard InChI is InChI=1S/C12H31NO12Si2/c1-14-20-26(21-15-2,22-16-3)11-7-9-13-10-8-12-27(23-17-4,24-18-5)25-19-6/h13H,7-12H2,1-6H3. The molecule has 0 atom stereocenters. The first-order valence-corrected chi connectivity index (χ1v) is 12.0. The van der Waals surface area contributed by atoms with Gasteiger partial charge in [-0.2, -0.15) is 0 Å². The van der Waals surface area contributed by atoms with Crippen LogP contribution in [0.15, 0.2) is 0 Å². The molecule has 0 saturated heterocycles. The van der Waals surface area contributed by atoms with Crippen LogP contribution >= 0.6 is 0 Å². The lowest BCUT2D eigenvalue weighted by Gasteiger charge is -2.24. The van der Waals surface area contributed by atoms with Crippen LogP contribution < -0.4 is 5.32 Å². The van der Waals surface area contributed by atoms with E-state index in [1.54, 1.807) is 0 Å². The maximum Gasteiger partial charge on any atom is 0.584 e. The zero-order valence-electron chi connectivity index (χ0n) is 16.6. The Labute approximate surface area is 161 Å². The second kappa shape index (κ2) is 16.8. The van der Waals surface area contributed by atoms with Crippen LogP contribution in [0, 0.1) is 0 Å². The van der Waals surface area contributed by atoms with Crippen LogP contribution in [0.1, 0.15) is 12.8 Å². The van der Waals surface area contributed by atoms with E-state index in [1.165, 1.54) is 42.7 Å². The largest absolute Gasteiger partial charge is 0.584 e. The molecule has 0 heterocycles. The molecule has 15 heteroatoms. The highest BCUT2D eigenvalue weighted by Gasteiger charge is 2.47. The van der Waals surface area contributed by atoms with Gasteiger partial charge in [-0.3, -0.25) is 0 Å². The van der Waals surface area contributed by atoms with Crippen LogP contribution in [0.3, 0.4) is 0 Å². The van der Waals surface area contributed by atoms with E-state index in [0.29, 0.717) is 38.0 Å². The lowest BCUT2D eigenvalue weighted by molar-refractivity contribution is -0.343. The van der Waals surface area contributed by atoms with Gasteiger partial charge in [0.1, 0.15) is 0 Å². The third-order valence-corrected chi connectivity index (χ3v) is 7.39. The van der Waals surface area contributed by atoms with Crippen LogP contribution in [-0.4, -0.2) is 73.4 Å². The molecule has 164 valence electrons. The zero-order valence-corrected chi connectivity index (χ0v) is 18.6. The van der Waals surface area contributed by atoms with Gasteiger partial charge >= 0.3 is 17.6 Å². The molecule has 0 fully saturated rings. The first-order valence-electron chi connectivity index (χ1n) is 8.09. The Kier molecular flexibility index (Phi) is 16.8. The predicted octanol–water partition coefficient (Wildman–Crippen LogP) is 0.702. The van der Waals surface area contributed by atoms with E-state index in [-0.39, 0.29) is 0 Å². The van der Waals surface area contributed by atoms with E-state index in [2.05, 4.69) is 34.6 Å². The Morgan fingerprint density at radius 3 is 0.963 bits per heavy atom. The predicted molar refractivity (Wildman–Crippen MR) is 91.8 cm³/mol. The minimum Gasteiger partial charge on any atom is -0.317 e. The number of hydrogen-bond donors (Lipinski definition) is 1. The first-order chi connectivity index (χ1) is 13.1. The van der Waals surface area contributed by atoms with Crippen LogP contribution in [0.25, 0.3) is 0 Å². The Bertz CT molecular complexity index is 279. The number of hydrogen-bond acceptors (Lipinski definition) is 13. The Hall–Kier alpha value is -0.0862. The van der Waals surface area contributed by atoms with Crippen molar-refractivity contribution in [3.63, 3.8) is 0 Å². The number of rotatable bonds is 20. The van der Waals surface area contributed by atoms with E-state index in [9.17, 15) is 0 Å². The van der Waals surface area contributed by atoms with Crippen LogP contribution in [-0.2, 0) is 56.8 Å². The minimum atomic E-state index is -3.24. The number of nitrogens with one attached hydrogen (secondary N) is 1. The lowest BCUT2D eigenvalue weighted by Crippen LogP contribution is -2.46. The van der Waals surface area contributed by atoms with Crippen molar-refractivity contribution < 1.29 is 56.8 Å². The van der Waals surface area contributed by atoms with Crippen molar-refractivity contribution in [2.45, 2.75) is 24.9 Å². The van der Waals surface area contributed by atoms with Crippen molar-refractivity contribution in [1.82, 2.24) is 5.32 Å². The van der Waals surface area contributed by atoms with Gasteiger partial charge in [0.25, 0.3) is 0 Å². The quantitative estimate of drug-likeness (QED) is 0.124. The van der Waals surface area contributed by atoms with Gasteiger partial charge in [-0.05, 0) is 25.9 Å². The average molecular weight is 438 g/mol. The van der Waals surface area contributed by atoms with Gasteiger partial charge in [0.05, 0.1) is 42.7 Å². The summed E-state index contributed by atoms with van der Waals surface area (Å²) in [5.74, 6) is 0. The maximum atomic E-state index is 5.09. The van der Waals surface area contributed by atoms with Crippen molar-refractivity contribution in [2.24, 2.45) is 0 Å². The molecule has 0 aliphatic rings. The normalized spacial score (nSPS) is 12.7. The van der Waals surface area contributed by atoms with E-state index in [4.69, 9.17) is 27.5 Å². The van der Waals surface area contributed by atoms with E-state index < -0.39 is 17.6 Å². The van der Waals surface area contributed by atoms with Crippen LogP contribution in [0.2, 0.25) is 12.1 Å². The third kappa shape index (κ3) is 11.5. The zero-order chi connectivity index (χ0) is 20.4. The summed E-state index contributed by atoms with van der Waals surface area (Å²) >= 11 is 0. The summed E-state index contributed by atoms with van der Waals surface area (Å²) in [6, 6.07) is 0.807. The second-order valence-electron chi connectivity index (χ2n) is 4.82. The van der Waals surface area contributed by atoms with Crippen molar-refractivity contribution in [2.75, 3.05) is 55.7 Å². The Balaban J connectivity index is 4.24. The van der Waals surface area contributed by atoms with Gasteiger partial charge in [0.15, 0.2) is 0 Å². The molecule has 0 aliphatic carbocycles. The van der Waals surface area contributed by atoms with Gasteiger partial charge in [0, 0.05) is 12.1 Å². The molecular weight excluding hydrogens is 406 g/mol. The molecular formula is C12H31NO12Si2. The lowest BCUT2D eigenvalue weighted by atomic mass is 10.4. The average Bonchev–Trinajstić information content (AvgIpc) is 2.62. The molecule has 0 aromatic rings. The maximum absolute atomic E-state index is 5.09. The molecule has 1 N–H and O–H groups in total. The molecule has 0 radical (unpaired) electrons.